The van der Waals surface area contributed by atoms with Gasteiger partial charge in [-0.25, -0.2) is 0 Å². The van der Waals surface area contributed by atoms with Crippen LogP contribution in [0.4, 0.5) is 0 Å². The van der Waals surface area contributed by atoms with Crippen LogP contribution in [0.15, 0.2) is 49.6 Å². The smallest absolute Gasteiger partial charge is 0.237 e. The fourth-order valence-corrected chi connectivity index (χ4v) is 2.64. The van der Waals surface area contributed by atoms with E-state index in [1.54, 1.807) is 17.1 Å². The number of hydrogen-bond acceptors (Lipinski definition) is 2. The molecule has 0 aromatic heterocycles. The van der Waals surface area contributed by atoms with Crippen LogP contribution in [0, 0.1) is 0 Å². The first-order valence-electron chi connectivity index (χ1n) is 7.04. The van der Waals surface area contributed by atoms with Gasteiger partial charge in [0, 0.05) is 19.1 Å². The summed E-state index contributed by atoms with van der Waals surface area (Å²) < 4.78 is 0. The average Bonchev–Trinajstić information content (AvgIpc) is 2.87. The summed E-state index contributed by atoms with van der Waals surface area (Å²) in [6.45, 7) is 8.87. The van der Waals surface area contributed by atoms with E-state index < -0.39 is 0 Å². The lowest BCUT2D eigenvalue weighted by molar-refractivity contribution is -0.129. The van der Waals surface area contributed by atoms with Crippen molar-refractivity contribution in [1.29, 1.82) is 0 Å². The van der Waals surface area contributed by atoms with Crippen molar-refractivity contribution in [1.82, 2.24) is 10.2 Å². The Hall–Kier alpha value is -1.87. The molecule has 0 unspecified atom stereocenters. The van der Waals surface area contributed by atoms with Gasteiger partial charge in [-0.3, -0.25) is 4.79 Å². The molecule has 1 amide bonds. The van der Waals surface area contributed by atoms with Crippen LogP contribution < -0.4 is 5.32 Å². The summed E-state index contributed by atoms with van der Waals surface area (Å²) in [7, 11) is 0. The molecule has 0 aliphatic heterocycles. The zero-order chi connectivity index (χ0) is 14.4. The minimum absolute atomic E-state index is 0.0979. The van der Waals surface area contributed by atoms with Crippen molar-refractivity contribution in [3.05, 3.63) is 60.7 Å². The summed E-state index contributed by atoms with van der Waals surface area (Å²) in [6, 6.07) is 8.84. The third kappa shape index (κ3) is 3.58. The Kier molecular flexibility index (Phi) is 5.13. The van der Waals surface area contributed by atoms with Crippen LogP contribution in [0.2, 0.25) is 0 Å². The SMILES string of the molecule is C=CCN(CC=C)C(=O)CNC1Cc2ccccc2C1. The molecule has 1 aromatic carbocycles. The summed E-state index contributed by atoms with van der Waals surface area (Å²) in [5.74, 6) is 0.0979. The van der Waals surface area contributed by atoms with Gasteiger partial charge in [0.2, 0.25) is 5.91 Å². The molecule has 0 atom stereocenters. The van der Waals surface area contributed by atoms with Crippen molar-refractivity contribution >= 4 is 5.91 Å². The van der Waals surface area contributed by atoms with Crippen molar-refractivity contribution in [2.75, 3.05) is 19.6 Å². The number of nitrogens with one attached hydrogen (secondary N) is 1. The molecule has 106 valence electrons. The topological polar surface area (TPSA) is 32.3 Å². The van der Waals surface area contributed by atoms with Gasteiger partial charge in [0.15, 0.2) is 0 Å². The maximum Gasteiger partial charge on any atom is 0.237 e. The molecular weight excluding hydrogens is 248 g/mol. The molecule has 3 nitrogen and oxygen atoms in total. The van der Waals surface area contributed by atoms with Gasteiger partial charge in [-0.15, -0.1) is 13.2 Å². The average molecular weight is 270 g/mol. The van der Waals surface area contributed by atoms with Crippen molar-refractivity contribution in [3.8, 4) is 0 Å². The van der Waals surface area contributed by atoms with E-state index in [2.05, 4.69) is 42.7 Å². The number of carbonyl (C=O) groups excluding carboxylic acids is 1. The van der Waals surface area contributed by atoms with Gasteiger partial charge in [-0.2, -0.15) is 0 Å². The zero-order valence-corrected chi connectivity index (χ0v) is 11.8. The number of benzene rings is 1. The Labute approximate surface area is 121 Å². The second kappa shape index (κ2) is 7.06. The summed E-state index contributed by atoms with van der Waals surface area (Å²) in [4.78, 5) is 13.9. The number of rotatable bonds is 7. The van der Waals surface area contributed by atoms with Crippen LogP contribution >= 0.6 is 0 Å². The lowest BCUT2D eigenvalue weighted by Gasteiger charge is -2.21. The second-order valence-corrected chi connectivity index (χ2v) is 5.13. The van der Waals surface area contributed by atoms with Crippen molar-refractivity contribution in [2.45, 2.75) is 18.9 Å². The van der Waals surface area contributed by atoms with E-state index in [4.69, 9.17) is 0 Å². The van der Waals surface area contributed by atoms with Crippen molar-refractivity contribution in [3.63, 3.8) is 0 Å². The fraction of sp³-hybridized carbons (Fsp3) is 0.353. The first kappa shape index (κ1) is 14.5. The largest absolute Gasteiger partial charge is 0.334 e. The minimum Gasteiger partial charge on any atom is -0.334 e. The molecule has 0 saturated carbocycles. The number of nitrogens with zero attached hydrogens (tertiary/aromatic N) is 1. The third-order valence-corrected chi connectivity index (χ3v) is 3.64. The van der Waals surface area contributed by atoms with E-state index in [-0.39, 0.29) is 5.91 Å². The Morgan fingerprint density at radius 3 is 2.25 bits per heavy atom. The number of hydrogen-bond donors (Lipinski definition) is 1. The van der Waals surface area contributed by atoms with E-state index in [1.807, 2.05) is 0 Å². The molecule has 1 N–H and O–H groups in total. The molecule has 0 radical (unpaired) electrons. The van der Waals surface area contributed by atoms with E-state index in [0.29, 0.717) is 25.7 Å². The van der Waals surface area contributed by atoms with E-state index in [9.17, 15) is 4.79 Å². The summed E-state index contributed by atoms with van der Waals surface area (Å²) >= 11 is 0. The first-order valence-corrected chi connectivity index (χ1v) is 7.04. The van der Waals surface area contributed by atoms with Crippen LogP contribution in [0.25, 0.3) is 0 Å². The highest BCUT2D eigenvalue weighted by Gasteiger charge is 2.21. The lowest BCUT2D eigenvalue weighted by Crippen LogP contribution is -2.42. The predicted molar refractivity (Wildman–Crippen MR) is 82.6 cm³/mol. The highest BCUT2D eigenvalue weighted by atomic mass is 16.2. The number of fused-ring (bicyclic) bond motifs is 1. The molecule has 1 aliphatic carbocycles. The fourth-order valence-electron chi connectivity index (χ4n) is 2.64. The number of carbonyl (C=O) groups is 1. The molecule has 0 spiro atoms. The van der Waals surface area contributed by atoms with Crippen LogP contribution in [0.3, 0.4) is 0 Å². The van der Waals surface area contributed by atoms with Gasteiger partial charge in [0.25, 0.3) is 0 Å². The van der Waals surface area contributed by atoms with Gasteiger partial charge >= 0.3 is 0 Å². The highest BCUT2D eigenvalue weighted by molar-refractivity contribution is 5.78. The number of amides is 1. The molecule has 0 saturated heterocycles. The predicted octanol–water partition coefficient (Wildman–Crippen LogP) is 1.94. The highest BCUT2D eigenvalue weighted by Crippen LogP contribution is 2.21. The summed E-state index contributed by atoms with van der Waals surface area (Å²) in [5.41, 5.74) is 2.79. The van der Waals surface area contributed by atoms with Crippen molar-refractivity contribution in [2.24, 2.45) is 0 Å². The lowest BCUT2D eigenvalue weighted by atomic mass is 10.1. The van der Waals surface area contributed by atoms with Gasteiger partial charge < -0.3 is 10.2 Å². The van der Waals surface area contributed by atoms with E-state index in [1.165, 1.54) is 11.1 Å². The Balaban J connectivity index is 1.82. The first-order chi connectivity index (χ1) is 9.74. The van der Waals surface area contributed by atoms with Crippen LogP contribution in [-0.4, -0.2) is 36.5 Å². The normalized spacial score (nSPS) is 13.8. The quantitative estimate of drug-likeness (QED) is 0.768. The molecule has 0 bridgehead atoms. The molecule has 1 aliphatic rings. The molecular formula is C17H22N2O. The summed E-state index contributed by atoms with van der Waals surface area (Å²) in [6.07, 6.45) is 5.50. The van der Waals surface area contributed by atoms with Gasteiger partial charge in [0.1, 0.15) is 0 Å². The van der Waals surface area contributed by atoms with E-state index in [0.717, 1.165) is 12.8 Å². The second-order valence-electron chi connectivity index (χ2n) is 5.13. The van der Waals surface area contributed by atoms with Crippen LogP contribution in [0.1, 0.15) is 11.1 Å². The third-order valence-electron chi connectivity index (χ3n) is 3.64. The molecule has 1 aromatic rings. The molecule has 0 fully saturated rings. The maximum absolute atomic E-state index is 12.1. The van der Waals surface area contributed by atoms with E-state index >= 15 is 0 Å². The van der Waals surface area contributed by atoms with Crippen LogP contribution in [-0.2, 0) is 17.6 Å². The minimum atomic E-state index is 0.0979. The van der Waals surface area contributed by atoms with Crippen molar-refractivity contribution < 1.29 is 4.79 Å². The molecule has 3 heteroatoms. The van der Waals surface area contributed by atoms with Gasteiger partial charge in [-0.1, -0.05) is 36.4 Å². The summed E-state index contributed by atoms with van der Waals surface area (Å²) in [5, 5.41) is 3.37. The van der Waals surface area contributed by atoms with Crippen LogP contribution in [0.5, 0.6) is 0 Å². The Morgan fingerprint density at radius 2 is 1.75 bits per heavy atom. The molecule has 20 heavy (non-hydrogen) atoms. The molecule has 0 heterocycles. The monoisotopic (exact) mass is 270 g/mol. The Morgan fingerprint density at radius 1 is 1.20 bits per heavy atom. The maximum atomic E-state index is 12.1. The Bertz CT molecular complexity index is 461. The van der Waals surface area contributed by atoms with Gasteiger partial charge in [0.05, 0.1) is 6.54 Å². The van der Waals surface area contributed by atoms with Gasteiger partial charge in [-0.05, 0) is 24.0 Å². The zero-order valence-electron chi connectivity index (χ0n) is 11.8. The molecule has 2 rings (SSSR count). The standard InChI is InChI=1S/C17H22N2O/c1-3-9-19(10-4-2)17(20)13-18-16-11-14-7-5-6-8-15(14)12-16/h3-8,16,18H,1-2,9-13H2.